The van der Waals surface area contributed by atoms with Crippen molar-refractivity contribution in [3.8, 4) is 11.3 Å². The zero-order chi connectivity index (χ0) is 32.0. The monoisotopic (exact) mass is 663 g/mol. The summed E-state index contributed by atoms with van der Waals surface area (Å²) in [5, 5.41) is 6.62. The Morgan fingerprint density at radius 2 is 1.44 bits per heavy atom. The van der Waals surface area contributed by atoms with Gasteiger partial charge in [0.2, 0.25) is 9.84 Å². The summed E-state index contributed by atoms with van der Waals surface area (Å²) in [6.07, 6.45) is 0. The molecule has 1 fully saturated rings. The van der Waals surface area contributed by atoms with Gasteiger partial charge in [0, 0.05) is 63.3 Å². The average Bonchev–Trinajstić information content (AvgIpc) is 3.55. The number of nitrogens with one attached hydrogen (secondary N) is 1. The Morgan fingerprint density at radius 1 is 0.822 bits per heavy atom. The molecule has 0 saturated carbocycles. The predicted octanol–water partition coefficient (Wildman–Crippen LogP) is 6.25. The largest absolute Gasteiger partial charge is 0.369 e. The number of thiazole rings is 1. The van der Waals surface area contributed by atoms with E-state index < -0.39 is 9.84 Å². The lowest BCUT2D eigenvalue weighted by Gasteiger charge is -2.38. The molecule has 2 aromatic heterocycles. The Kier molecular flexibility index (Phi) is 10.6. The van der Waals surface area contributed by atoms with Crippen LogP contribution in [0.1, 0.15) is 27.7 Å². The van der Waals surface area contributed by atoms with Crippen LogP contribution in [0.25, 0.3) is 11.3 Å². The van der Waals surface area contributed by atoms with Crippen LogP contribution in [-0.2, 0) is 9.84 Å². The molecule has 9 nitrogen and oxygen atoms in total. The van der Waals surface area contributed by atoms with Gasteiger partial charge < -0.3 is 24.9 Å². The molecule has 12 heteroatoms. The van der Waals surface area contributed by atoms with Crippen molar-refractivity contribution in [1.29, 1.82) is 0 Å². The van der Waals surface area contributed by atoms with Crippen molar-refractivity contribution in [2.45, 2.75) is 37.5 Å². The van der Waals surface area contributed by atoms with Crippen molar-refractivity contribution in [2.75, 3.05) is 72.4 Å². The van der Waals surface area contributed by atoms with Gasteiger partial charge >= 0.3 is 0 Å². The van der Waals surface area contributed by atoms with E-state index in [9.17, 15) is 8.42 Å². The van der Waals surface area contributed by atoms with E-state index in [1.807, 2.05) is 5.38 Å². The van der Waals surface area contributed by atoms with Crippen LogP contribution in [0.2, 0.25) is 0 Å². The predicted molar refractivity (Wildman–Crippen MR) is 191 cm³/mol. The first-order valence-corrected chi connectivity index (χ1v) is 18.2. The first kappa shape index (κ1) is 32.6. The molecule has 238 valence electrons. The van der Waals surface area contributed by atoms with Crippen molar-refractivity contribution < 1.29 is 8.42 Å². The number of nitrogens with zero attached hydrogens (tertiary/aromatic N) is 6. The van der Waals surface area contributed by atoms with Gasteiger partial charge in [-0.1, -0.05) is 30.3 Å². The summed E-state index contributed by atoms with van der Waals surface area (Å²) >= 11 is 7.27. The number of anilines is 4. The Hall–Kier alpha value is -3.74. The summed E-state index contributed by atoms with van der Waals surface area (Å²) < 4.78 is 25.9. The quantitative estimate of drug-likeness (QED) is 0.186. The number of sulfone groups is 1. The molecule has 0 spiro atoms. The maximum absolute atomic E-state index is 12.9. The molecule has 1 N–H and O–H groups in total. The molecule has 5 rings (SSSR count). The number of aromatic nitrogens is 2. The second-order valence-electron chi connectivity index (χ2n) is 10.6. The lowest BCUT2D eigenvalue weighted by molar-refractivity contribution is 0.389. The van der Waals surface area contributed by atoms with Gasteiger partial charge in [0.15, 0.2) is 16.1 Å². The fourth-order valence-corrected chi connectivity index (χ4v) is 7.84. The standard InChI is InChI=1S/C33H41N7O2S3/c1-5-37(6-2)29-18-19-30(38(7-3)8-4)35-31(29)39-20-22-40(23-21-39)33(43)36-32-34-28(24-44-32)25-14-16-27(17-15-25)45(41,42)26-12-10-9-11-13-26/h9-19,24H,5-8,20-23H2,1-4H3,(H,34,36,43). The van der Waals surface area contributed by atoms with Gasteiger partial charge in [0.25, 0.3) is 0 Å². The van der Waals surface area contributed by atoms with E-state index >= 15 is 0 Å². The van der Waals surface area contributed by atoms with Crippen molar-refractivity contribution in [2.24, 2.45) is 0 Å². The lowest BCUT2D eigenvalue weighted by atomic mass is 10.2. The van der Waals surface area contributed by atoms with E-state index in [2.05, 4.69) is 64.7 Å². The van der Waals surface area contributed by atoms with Crippen LogP contribution in [0.4, 0.5) is 22.5 Å². The first-order valence-electron chi connectivity index (χ1n) is 15.5. The minimum Gasteiger partial charge on any atom is -0.369 e. The van der Waals surface area contributed by atoms with Crippen molar-refractivity contribution in [3.63, 3.8) is 0 Å². The van der Waals surface area contributed by atoms with Crippen LogP contribution < -0.4 is 20.0 Å². The lowest BCUT2D eigenvalue weighted by Crippen LogP contribution is -2.50. The fraction of sp³-hybridized carbons (Fsp3) is 0.364. The average molecular weight is 664 g/mol. The van der Waals surface area contributed by atoms with E-state index in [-0.39, 0.29) is 9.79 Å². The zero-order valence-electron chi connectivity index (χ0n) is 26.3. The van der Waals surface area contributed by atoms with Gasteiger partial charge in [-0.05, 0) is 76.3 Å². The molecular formula is C33H41N7O2S3. The summed E-state index contributed by atoms with van der Waals surface area (Å²) in [6.45, 7) is 15.6. The molecule has 0 radical (unpaired) electrons. The third-order valence-electron chi connectivity index (χ3n) is 8.13. The smallest absolute Gasteiger partial charge is 0.206 e. The van der Waals surface area contributed by atoms with Gasteiger partial charge in [-0.3, -0.25) is 0 Å². The van der Waals surface area contributed by atoms with Crippen molar-refractivity contribution >= 4 is 61.0 Å². The highest BCUT2D eigenvalue weighted by Crippen LogP contribution is 2.32. The number of benzene rings is 2. The second-order valence-corrected chi connectivity index (χ2v) is 13.8. The Morgan fingerprint density at radius 3 is 2.07 bits per heavy atom. The van der Waals surface area contributed by atoms with Gasteiger partial charge in [-0.2, -0.15) is 0 Å². The van der Waals surface area contributed by atoms with Gasteiger partial charge in [0.05, 0.1) is 21.2 Å². The van der Waals surface area contributed by atoms with Gasteiger partial charge in [0.1, 0.15) is 5.82 Å². The molecule has 1 aliphatic heterocycles. The molecule has 0 aliphatic carbocycles. The van der Waals surface area contributed by atoms with E-state index in [1.165, 1.54) is 17.0 Å². The molecule has 45 heavy (non-hydrogen) atoms. The number of rotatable bonds is 11. The molecule has 0 unspecified atom stereocenters. The topological polar surface area (TPSA) is 84.9 Å². The number of hydrogen-bond acceptors (Lipinski definition) is 9. The molecule has 0 bridgehead atoms. The van der Waals surface area contributed by atoms with Gasteiger partial charge in [-0.25, -0.2) is 18.4 Å². The van der Waals surface area contributed by atoms with Crippen LogP contribution in [0.5, 0.6) is 0 Å². The van der Waals surface area contributed by atoms with E-state index in [0.717, 1.165) is 75.3 Å². The minimum atomic E-state index is -3.57. The number of pyridine rings is 1. The summed E-state index contributed by atoms with van der Waals surface area (Å²) in [5.74, 6) is 2.05. The Labute approximate surface area is 276 Å². The minimum absolute atomic E-state index is 0.255. The van der Waals surface area contributed by atoms with Crippen LogP contribution in [0.15, 0.2) is 81.9 Å². The molecule has 4 aromatic rings. The number of hydrogen-bond donors (Lipinski definition) is 1. The van der Waals surface area contributed by atoms with E-state index in [4.69, 9.17) is 22.2 Å². The van der Waals surface area contributed by atoms with E-state index in [0.29, 0.717) is 10.2 Å². The molecule has 3 heterocycles. The summed E-state index contributed by atoms with van der Waals surface area (Å²) in [5.41, 5.74) is 2.78. The van der Waals surface area contributed by atoms with Crippen LogP contribution in [0.3, 0.4) is 0 Å². The van der Waals surface area contributed by atoms with Crippen molar-refractivity contribution in [1.82, 2.24) is 14.9 Å². The van der Waals surface area contributed by atoms with Crippen molar-refractivity contribution in [3.05, 3.63) is 72.1 Å². The van der Waals surface area contributed by atoms with Crippen LogP contribution in [-0.4, -0.2) is 80.8 Å². The highest BCUT2D eigenvalue weighted by Gasteiger charge is 2.25. The third kappa shape index (κ3) is 7.23. The fourth-order valence-electron chi connectivity index (χ4n) is 5.49. The maximum atomic E-state index is 12.9. The van der Waals surface area contributed by atoms with Crippen LogP contribution in [0, 0.1) is 0 Å². The summed E-state index contributed by atoms with van der Waals surface area (Å²) in [4.78, 5) is 19.6. The highest BCUT2D eigenvalue weighted by molar-refractivity contribution is 7.91. The highest BCUT2D eigenvalue weighted by atomic mass is 32.2. The molecule has 1 aliphatic rings. The number of piperazine rings is 1. The number of thiocarbonyl (C=S) groups is 1. The molecule has 0 amide bonds. The Bertz CT molecular complexity index is 1680. The molecule has 1 saturated heterocycles. The molecule has 2 aromatic carbocycles. The van der Waals surface area contributed by atoms with Gasteiger partial charge in [-0.15, -0.1) is 11.3 Å². The zero-order valence-corrected chi connectivity index (χ0v) is 28.8. The Balaban J connectivity index is 1.23. The SMILES string of the molecule is CCN(CC)c1ccc(N(CC)CC)c(N2CCN(C(=S)Nc3nc(-c4ccc(S(=O)(=O)c5ccccc5)cc4)cs3)CC2)n1. The van der Waals surface area contributed by atoms with E-state index in [1.54, 1.807) is 54.6 Å². The maximum Gasteiger partial charge on any atom is 0.206 e. The molecular weight excluding hydrogens is 623 g/mol. The summed E-state index contributed by atoms with van der Waals surface area (Å²) in [7, 11) is -3.57. The molecule has 0 atom stereocenters. The first-order chi connectivity index (χ1) is 21.8. The second kappa shape index (κ2) is 14.6. The summed E-state index contributed by atoms with van der Waals surface area (Å²) in [6, 6.07) is 19.7. The normalized spacial score (nSPS) is 13.5. The van der Waals surface area contributed by atoms with Crippen LogP contribution >= 0.6 is 23.6 Å². The third-order valence-corrected chi connectivity index (χ3v) is 11.0.